The number of hydrogen-bond acceptors (Lipinski definition) is 1. The zero-order valence-electron chi connectivity index (χ0n) is 5.62. The Morgan fingerprint density at radius 3 is 3.10 bits per heavy atom. The van der Waals surface area contributed by atoms with Gasteiger partial charge >= 0.3 is 0 Å². The van der Waals surface area contributed by atoms with E-state index in [2.05, 4.69) is 35.7 Å². The second-order valence-corrected chi connectivity index (χ2v) is 2.44. The number of allylic oxidation sites excluding steroid dienone is 6. The lowest BCUT2D eigenvalue weighted by Crippen LogP contribution is -2.09. The van der Waals surface area contributed by atoms with E-state index < -0.39 is 0 Å². The van der Waals surface area contributed by atoms with Crippen LogP contribution in [-0.4, -0.2) is 0 Å². The zero-order chi connectivity index (χ0) is 6.81. The van der Waals surface area contributed by atoms with Gasteiger partial charge < -0.3 is 5.32 Å². The third kappa shape index (κ3) is 0.798. The molecule has 0 radical (unpaired) electrons. The van der Waals surface area contributed by atoms with Crippen molar-refractivity contribution in [3.63, 3.8) is 0 Å². The molecule has 0 bridgehead atoms. The minimum atomic E-state index is 0.506. The molecule has 1 nitrogen and oxygen atoms in total. The molecule has 1 aliphatic heterocycles. The van der Waals surface area contributed by atoms with Crippen LogP contribution in [0.3, 0.4) is 0 Å². The molecule has 0 spiro atoms. The second-order valence-electron chi connectivity index (χ2n) is 2.44. The Morgan fingerprint density at radius 2 is 2.20 bits per heavy atom. The highest BCUT2D eigenvalue weighted by molar-refractivity contribution is 5.37. The van der Waals surface area contributed by atoms with Crippen LogP contribution in [0.4, 0.5) is 0 Å². The van der Waals surface area contributed by atoms with E-state index >= 15 is 0 Å². The lowest BCUT2D eigenvalue weighted by molar-refractivity contribution is 0.919. The van der Waals surface area contributed by atoms with Crippen LogP contribution in [0, 0.1) is 5.92 Å². The van der Waals surface area contributed by atoms with E-state index in [-0.39, 0.29) is 0 Å². The van der Waals surface area contributed by atoms with E-state index in [9.17, 15) is 0 Å². The maximum atomic E-state index is 3.06. The molecule has 1 aliphatic carbocycles. The summed E-state index contributed by atoms with van der Waals surface area (Å²) in [6, 6.07) is 0. The normalized spacial score (nSPS) is 27.2. The summed E-state index contributed by atoms with van der Waals surface area (Å²) in [7, 11) is 0. The van der Waals surface area contributed by atoms with Gasteiger partial charge in [0.1, 0.15) is 0 Å². The van der Waals surface area contributed by atoms with Crippen molar-refractivity contribution < 1.29 is 0 Å². The van der Waals surface area contributed by atoms with Crippen LogP contribution in [0.25, 0.3) is 0 Å². The van der Waals surface area contributed by atoms with Crippen molar-refractivity contribution in [2.75, 3.05) is 0 Å². The standard InChI is InChI=1S/C9H9N/c1-2-4-9-7-10-6-5-8(9)3-1/h1-8,10H. The molecule has 0 aromatic carbocycles. The molecular weight excluding hydrogens is 122 g/mol. The molecule has 1 heterocycles. The van der Waals surface area contributed by atoms with Gasteiger partial charge in [-0.2, -0.15) is 0 Å². The summed E-state index contributed by atoms with van der Waals surface area (Å²) < 4.78 is 0. The summed E-state index contributed by atoms with van der Waals surface area (Å²) in [5.41, 5.74) is 1.34. The summed E-state index contributed by atoms with van der Waals surface area (Å²) in [4.78, 5) is 0. The Morgan fingerprint density at radius 1 is 1.20 bits per heavy atom. The van der Waals surface area contributed by atoms with Gasteiger partial charge in [-0.05, 0) is 11.8 Å². The quantitative estimate of drug-likeness (QED) is 0.528. The molecule has 2 aliphatic rings. The molecule has 1 unspecified atom stereocenters. The molecule has 0 aromatic heterocycles. The van der Waals surface area contributed by atoms with Crippen LogP contribution in [0.5, 0.6) is 0 Å². The lowest BCUT2D eigenvalue weighted by Gasteiger charge is -2.15. The van der Waals surface area contributed by atoms with Crippen LogP contribution in [0.15, 0.2) is 48.4 Å². The van der Waals surface area contributed by atoms with E-state index in [0.29, 0.717) is 5.92 Å². The molecule has 0 saturated heterocycles. The van der Waals surface area contributed by atoms with Crippen LogP contribution < -0.4 is 5.32 Å². The highest BCUT2D eigenvalue weighted by Crippen LogP contribution is 2.20. The first-order chi connectivity index (χ1) is 4.97. The lowest BCUT2D eigenvalue weighted by atomic mass is 9.94. The van der Waals surface area contributed by atoms with Gasteiger partial charge in [-0.25, -0.2) is 0 Å². The monoisotopic (exact) mass is 131 g/mol. The first kappa shape index (κ1) is 5.54. The van der Waals surface area contributed by atoms with Gasteiger partial charge in [0.2, 0.25) is 0 Å². The van der Waals surface area contributed by atoms with Gasteiger partial charge in [-0.1, -0.05) is 30.4 Å². The van der Waals surface area contributed by atoms with Crippen molar-refractivity contribution in [3.8, 4) is 0 Å². The van der Waals surface area contributed by atoms with Crippen LogP contribution in [0.1, 0.15) is 0 Å². The Hall–Kier alpha value is -1.24. The Balaban J connectivity index is 2.33. The average Bonchev–Trinajstić information content (AvgIpc) is 2.05. The molecule has 0 amide bonds. The molecule has 0 fully saturated rings. The Bertz CT molecular complexity index is 243. The molecular formula is C9H9N. The fraction of sp³-hybridized carbons (Fsp3) is 0.111. The van der Waals surface area contributed by atoms with Crippen molar-refractivity contribution in [1.82, 2.24) is 5.32 Å². The first-order valence-corrected chi connectivity index (χ1v) is 3.44. The maximum absolute atomic E-state index is 3.06. The van der Waals surface area contributed by atoms with E-state index in [1.165, 1.54) is 5.57 Å². The SMILES string of the molecule is C1=CC2=CNC=CC2C=C1. The zero-order valence-corrected chi connectivity index (χ0v) is 5.62. The molecule has 0 aromatic rings. The van der Waals surface area contributed by atoms with Gasteiger partial charge in [-0.15, -0.1) is 0 Å². The van der Waals surface area contributed by atoms with Crippen molar-refractivity contribution in [3.05, 3.63) is 48.4 Å². The summed E-state index contributed by atoms with van der Waals surface area (Å²) >= 11 is 0. The van der Waals surface area contributed by atoms with Gasteiger partial charge in [0, 0.05) is 12.1 Å². The van der Waals surface area contributed by atoms with E-state index in [0.717, 1.165) is 0 Å². The predicted molar refractivity (Wildman–Crippen MR) is 42.1 cm³/mol. The Labute approximate surface area is 60.4 Å². The summed E-state index contributed by atoms with van der Waals surface area (Å²) in [5, 5.41) is 3.06. The van der Waals surface area contributed by atoms with Gasteiger partial charge in [0.15, 0.2) is 0 Å². The predicted octanol–water partition coefficient (Wildman–Crippen LogP) is 1.73. The fourth-order valence-electron chi connectivity index (χ4n) is 1.20. The summed E-state index contributed by atoms with van der Waals surface area (Å²) in [5.74, 6) is 0.506. The third-order valence-electron chi connectivity index (χ3n) is 1.75. The number of hydrogen-bond donors (Lipinski definition) is 1. The summed E-state index contributed by atoms with van der Waals surface area (Å²) in [6.07, 6.45) is 14.6. The van der Waals surface area contributed by atoms with E-state index in [4.69, 9.17) is 0 Å². The maximum Gasteiger partial charge on any atom is 0.0233 e. The average molecular weight is 131 g/mol. The third-order valence-corrected chi connectivity index (χ3v) is 1.75. The topological polar surface area (TPSA) is 12.0 Å². The molecule has 10 heavy (non-hydrogen) atoms. The van der Waals surface area contributed by atoms with Gasteiger partial charge in [-0.3, -0.25) is 0 Å². The highest BCUT2D eigenvalue weighted by atomic mass is 14.8. The number of fused-ring (bicyclic) bond motifs is 1. The minimum Gasteiger partial charge on any atom is -0.368 e. The van der Waals surface area contributed by atoms with E-state index in [1.54, 1.807) is 0 Å². The second kappa shape index (κ2) is 2.18. The van der Waals surface area contributed by atoms with Crippen molar-refractivity contribution in [2.24, 2.45) is 5.92 Å². The first-order valence-electron chi connectivity index (χ1n) is 3.44. The molecule has 0 saturated carbocycles. The number of dihydropyridines is 1. The summed E-state index contributed by atoms with van der Waals surface area (Å²) in [6.45, 7) is 0. The molecule has 1 heteroatoms. The highest BCUT2D eigenvalue weighted by Gasteiger charge is 2.08. The van der Waals surface area contributed by atoms with Crippen molar-refractivity contribution in [2.45, 2.75) is 0 Å². The number of nitrogens with one attached hydrogen (secondary N) is 1. The van der Waals surface area contributed by atoms with E-state index in [1.807, 2.05) is 12.4 Å². The smallest absolute Gasteiger partial charge is 0.0233 e. The largest absolute Gasteiger partial charge is 0.368 e. The van der Waals surface area contributed by atoms with Crippen LogP contribution in [-0.2, 0) is 0 Å². The molecule has 50 valence electrons. The van der Waals surface area contributed by atoms with Gasteiger partial charge in [0.05, 0.1) is 0 Å². The molecule has 1 atom stereocenters. The van der Waals surface area contributed by atoms with Crippen molar-refractivity contribution >= 4 is 0 Å². The number of rotatable bonds is 0. The van der Waals surface area contributed by atoms with Crippen LogP contribution in [0.2, 0.25) is 0 Å². The minimum absolute atomic E-state index is 0.506. The van der Waals surface area contributed by atoms with Crippen LogP contribution >= 0.6 is 0 Å². The molecule has 2 rings (SSSR count). The Kier molecular flexibility index (Phi) is 1.21. The fourth-order valence-corrected chi connectivity index (χ4v) is 1.20. The van der Waals surface area contributed by atoms with Crippen molar-refractivity contribution in [1.29, 1.82) is 0 Å². The van der Waals surface area contributed by atoms with Gasteiger partial charge in [0.25, 0.3) is 0 Å². The molecule has 1 N–H and O–H groups in total.